The molecule has 1 aliphatic carbocycles. The van der Waals surface area contributed by atoms with Crippen molar-refractivity contribution in [3.63, 3.8) is 0 Å². The number of carboxylic acids is 1. The third-order valence-corrected chi connectivity index (χ3v) is 4.85. The summed E-state index contributed by atoms with van der Waals surface area (Å²) in [6, 6.07) is 7.91. The minimum absolute atomic E-state index is 0.0872. The van der Waals surface area contributed by atoms with Crippen molar-refractivity contribution >= 4 is 27.7 Å². The second kappa shape index (κ2) is 6.95. The Balaban J connectivity index is 1.98. The van der Waals surface area contributed by atoms with Gasteiger partial charge in [-0.2, -0.15) is 0 Å². The van der Waals surface area contributed by atoms with Crippen molar-refractivity contribution in [2.75, 3.05) is 0 Å². The topological polar surface area (TPSA) is 54.4 Å². The summed E-state index contributed by atoms with van der Waals surface area (Å²) < 4.78 is -0.538. The van der Waals surface area contributed by atoms with Gasteiger partial charge in [0.2, 0.25) is 0 Å². The van der Waals surface area contributed by atoms with Crippen LogP contribution in [0.3, 0.4) is 0 Å². The van der Waals surface area contributed by atoms with Crippen LogP contribution in [0.25, 0.3) is 0 Å². The lowest BCUT2D eigenvalue weighted by molar-refractivity contribution is -0.138. The molecule has 22 heavy (non-hydrogen) atoms. The molecule has 1 N–H and O–H groups in total. The van der Waals surface area contributed by atoms with Gasteiger partial charge in [-0.3, -0.25) is 9.59 Å². The minimum atomic E-state index is -0.691. The normalized spacial score (nSPS) is 22.3. The molecular formula is C18H23BrO3. The standard InChI is InChI=1S/C18H23BrO3/c1-18(2,19)17(22)15-9-7-14(8-10-15)13-5-3-12(4-6-13)11-16(20)21/h7-10,12-13H,3-6,11H2,1-2H3,(H,20,21)/t12-,13-. The average Bonchev–Trinajstić information content (AvgIpc) is 2.46. The summed E-state index contributed by atoms with van der Waals surface area (Å²) in [6.45, 7) is 3.71. The lowest BCUT2D eigenvalue weighted by Gasteiger charge is -2.28. The van der Waals surface area contributed by atoms with Crippen molar-refractivity contribution in [2.45, 2.75) is 56.2 Å². The first-order chi connectivity index (χ1) is 10.3. The van der Waals surface area contributed by atoms with E-state index in [9.17, 15) is 9.59 Å². The maximum absolute atomic E-state index is 12.2. The zero-order chi connectivity index (χ0) is 16.3. The quantitative estimate of drug-likeness (QED) is 0.601. The first kappa shape index (κ1) is 17.2. The van der Waals surface area contributed by atoms with Crippen molar-refractivity contribution in [3.05, 3.63) is 35.4 Å². The molecule has 0 heterocycles. The molecule has 0 aliphatic heterocycles. The zero-order valence-electron chi connectivity index (χ0n) is 13.1. The highest BCUT2D eigenvalue weighted by Gasteiger charge is 2.26. The average molecular weight is 367 g/mol. The predicted molar refractivity (Wildman–Crippen MR) is 90.7 cm³/mol. The van der Waals surface area contributed by atoms with Crippen LogP contribution >= 0.6 is 15.9 Å². The summed E-state index contributed by atoms with van der Waals surface area (Å²) in [7, 11) is 0. The Morgan fingerprint density at radius 2 is 1.68 bits per heavy atom. The molecule has 1 aliphatic rings. The SMILES string of the molecule is CC(C)(Br)C(=O)c1ccc([C@H]2CC[C@H](CC(=O)O)CC2)cc1. The monoisotopic (exact) mass is 366 g/mol. The fourth-order valence-corrected chi connectivity index (χ4v) is 3.43. The Hall–Kier alpha value is -1.16. The lowest BCUT2D eigenvalue weighted by atomic mass is 9.77. The third-order valence-electron chi connectivity index (χ3n) is 4.49. The molecule has 0 saturated heterocycles. The van der Waals surface area contributed by atoms with Crippen molar-refractivity contribution in [1.29, 1.82) is 0 Å². The molecule has 0 radical (unpaired) electrons. The molecular weight excluding hydrogens is 344 g/mol. The minimum Gasteiger partial charge on any atom is -0.481 e. The van der Waals surface area contributed by atoms with Gasteiger partial charge in [0.1, 0.15) is 0 Å². The van der Waals surface area contributed by atoms with Crippen LogP contribution in [0.15, 0.2) is 24.3 Å². The van der Waals surface area contributed by atoms with Gasteiger partial charge < -0.3 is 5.11 Å². The van der Waals surface area contributed by atoms with E-state index >= 15 is 0 Å². The summed E-state index contributed by atoms with van der Waals surface area (Å²) in [6.07, 6.45) is 4.32. The number of alkyl halides is 1. The third kappa shape index (κ3) is 4.42. The van der Waals surface area contributed by atoms with Crippen LogP contribution in [0, 0.1) is 5.92 Å². The molecule has 0 bridgehead atoms. The van der Waals surface area contributed by atoms with Gasteiger partial charge in [0.15, 0.2) is 5.78 Å². The predicted octanol–water partition coefficient (Wildman–Crippen LogP) is 4.79. The van der Waals surface area contributed by atoms with Gasteiger partial charge in [-0.15, -0.1) is 0 Å². The highest BCUT2D eigenvalue weighted by molar-refractivity contribution is 9.10. The van der Waals surface area contributed by atoms with Crippen molar-refractivity contribution in [2.24, 2.45) is 5.92 Å². The van der Waals surface area contributed by atoms with E-state index in [0.29, 0.717) is 18.3 Å². The summed E-state index contributed by atoms with van der Waals surface area (Å²) in [4.78, 5) is 23.0. The van der Waals surface area contributed by atoms with E-state index in [1.54, 1.807) is 0 Å². The number of carbonyl (C=O) groups is 2. The molecule has 0 aromatic heterocycles. The number of hydrogen-bond donors (Lipinski definition) is 1. The molecule has 1 aromatic rings. The Morgan fingerprint density at radius 3 is 2.14 bits per heavy atom. The van der Waals surface area contributed by atoms with E-state index in [1.807, 2.05) is 38.1 Å². The summed E-state index contributed by atoms with van der Waals surface area (Å²) in [5.41, 5.74) is 1.99. The number of hydrogen-bond acceptors (Lipinski definition) is 2. The molecule has 0 amide bonds. The first-order valence-corrected chi connectivity index (χ1v) is 8.62. The van der Waals surface area contributed by atoms with Gasteiger partial charge in [0, 0.05) is 12.0 Å². The second-order valence-corrected chi connectivity index (χ2v) is 8.72. The Bertz CT molecular complexity index is 534. The summed E-state index contributed by atoms with van der Waals surface area (Å²) in [5, 5.41) is 8.86. The molecule has 2 rings (SSSR count). The molecule has 0 unspecified atom stereocenters. The van der Waals surface area contributed by atoms with Crippen LogP contribution in [-0.4, -0.2) is 21.2 Å². The number of halogens is 1. The summed E-state index contributed by atoms with van der Waals surface area (Å²) in [5.74, 6) is 0.211. The zero-order valence-corrected chi connectivity index (χ0v) is 14.7. The summed E-state index contributed by atoms with van der Waals surface area (Å²) >= 11 is 3.40. The number of benzene rings is 1. The van der Waals surface area contributed by atoms with Gasteiger partial charge in [-0.1, -0.05) is 40.2 Å². The molecule has 1 aromatic carbocycles. The molecule has 0 atom stereocenters. The van der Waals surface area contributed by atoms with Gasteiger partial charge >= 0.3 is 5.97 Å². The molecule has 0 spiro atoms. The molecule has 3 nitrogen and oxygen atoms in total. The number of rotatable bonds is 5. The number of ketones is 1. The van der Waals surface area contributed by atoms with E-state index in [4.69, 9.17) is 5.11 Å². The van der Waals surface area contributed by atoms with Crippen LogP contribution in [0.2, 0.25) is 0 Å². The van der Waals surface area contributed by atoms with Crippen molar-refractivity contribution in [3.8, 4) is 0 Å². The van der Waals surface area contributed by atoms with Gasteiger partial charge in [-0.25, -0.2) is 0 Å². The number of aliphatic carboxylic acids is 1. The second-order valence-electron chi connectivity index (χ2n) is 6.74. The van der Waals surface area contributed by atoms with E-state index in [0.717, 1.165) is 31.2 Å². The van der Waals surface area contributed by atoms with Crippen LogP contribution in [-0.2, 0) is 4.79 Å². The number of carboxylic acid groups (broad SMARTS) is 1. The highest BCUT2D eigenvalue weighted by atomic mass is 79.9. The number of carbonyl (C=O) groups excluding carboxylic acids is 1. The number of Topliss-reactive ketones (excluding diaryl/α,β-unsaturated/α-hetero) is 1. The maximum atomic E-state index is 12.2. The lowest BCUT2D eigenvalue weighted by Crippen LogP contribution is -2.24. The van der Waals surface area contributed by atoms with Crippen molar-refractivity contribution < 1.29 is 14.7 Å². The van der Waals surface area contributed by atoms with Gasteiger partial charge in [0.05, 0.1) is 4.32 Å². The van der Waals surface area contributed by atoms with Crippen LogP contribution < -0.4 is 0 Å². The van der Waals surface area contributed by atoms with E-state index in [2.05, 4.69) is 15.9 Å². The Morgan fingerprint density at radius 1 is 1.14 bits per heavy atom. The van der Waals surface area contributed by atoms with Crippen LogP contribution in [0.1, 0.15) is 67.8 Å². The Kier molecular flexibility index (Phi) is 5.43. The molecule has 120 valence electrons. The first-order valence-electron chi connectivity index (χ1n) is 7.83. The fraction of sp³-hybridized carbons (Fsp3) is 0.556. The molecule has 4 heteroatoms. The molecule has 1 fully saturated rings. The Labute approximate surface area is 140 Å². The fourth-order valence-electron chi connectivity index (χ4n) is 3.20. The van der Waals surface area contributed by atoms with Crippen LogP contribution in [0.4, 0.5) is 0 Å². The largest absolute Gasteiger partial charge is 0.481 e. The van der Waals surface area contributed by atoms with E-state index in [-0.39, 0.29) is 5.78 Å². The van der Waals surface area contributed by atoms with E-state index < -0.39 is 10.3 Å². The maximum Gasteiger partial charge on any atom is 0.303 e. The van der Waals surface area contributed by atoms with Crippen LogP contribution in [0.5, 0.6) is 0 Å². The van der Waals surface area contributed by atoms with Gasteiger partial charge in [-0.05, 0) is 56.9 Å². The van der Waals surface area contributed by atoms with E-state index in [1.165, 1.54) is 5.56 Å². The van der Waals surface area contributed by atoms with Crippen molar-refractivity contribution in [1.82, 2.24) is 0 Å². The van der Waals surface area contributed by atoms with Gasteiger partial charge in [0.25, 0.3) is 0 Å². The molecule has 1 saturated carbocycles. The smallest absolute Gasteiger partial charge is 0.303 e. The highest BCUT2D eigenvalue weighted by Crippen LogP contribution is 2.37.